The predicted molar refractivity (Wildman–Crippen MR) is 108 cm³/mol. The number of carbonyl (C=O) groups is 1. The number of halogens is 1. The molecule has 1 amide bonds. The summed E-state index contributed by atoms with van der Waals surface area (Å²) in [6, 6.07) is 11.3. The summed E-state index contributed by atoms with van der Waals surface area (Å²) < 4.78 is 63.3. The third-order valence-corrected chi connectivity index (χ3v) is 8.94. The SMILES string of the molecule is CN1C(=O)c2sc(-c3ccc(F)cc3)c(-c3ccc(S(C)(=O)=O)cc3)c2S1(=O)=O. The van der Waals surface area contributed by atoms with Gasteiger partial charge >= 0.3 is 0 Å². The van der Waals surface area contributed by atoms with Crippen LogP contribution in [0.15, 0.2) is 58.3 Å². The quantitative estimate of drug-likeness (QED) is 0.609. The normalized spacial score (nSPS) is 15.6. The van der Waals surface area contributed by atoms with Gasteiger partial charge in [-0.25, -0.2) is 25.5 Å². The molecule has 2 heterocycles. The number of fused-ring (bicyclic) bond motifs is 1. The van der Waals surface area contributed by atoms with E-state index in [0.717, 1.165) is 17.6 Å². The van der Waals surface area contributed by atoms with Crippen LogP contribution in [-0.2, 0) is 19.9 Å². The maximum absolute atomic E-state index is 13.4. The van der Waals surface area contributed by atoms with Gasteiger partial charge in [0, 0.05) is 23.7 Å². The predicted octanol–water partition coefficient (Wildman–Crippen LogP) is 3.40. The zero-order valence-corrected chi connectivity index (χ0v) is 17.7. The highest BCUT2D eigenvalue weighted by atomic mass is 32.2. The molecule has 0 bridgehead atoms. The molecule has 6 nitrogen and oxygen atoms in total. The van der Waals surface area contributed by atoms with Crippen LogP contribution in [0.4, 0.5) is 4.39 Å². The zero-order chi connectivity index (χ0) is 21.1. The average Bonchev–Trinajstić information content (AvgIpc) is 3.14. The highest BCUT2D eigenvalue weighted by Gasteiger charge is 2.44. The van der Waals surface area contributed by atoms with Gasteiger partial charge in [-0.2, -0.15) is 0 Å². The van der Waals surface area contributed by atoms with Gasteiger partial charge in [0.2, 0.25) is 0 Å². The summed E-state index contributed by atoms with van der Waals surface area (Å²) in [5.74, 6) is -1.08. The van der Waals surface area contributed by atoms with Crippen LogP contribution in [0.25, 0.3) is 21.6 Å². The molecule has 0 saturated heterocycles. The number of benzene rings is 2. The van der Waals surface area contributed by atoms with Crippen LogP contribution < -0.4 is 0 Å². The summed E-state index contributed by atoms with van der Waals surface area (Å²) in [6.45, 7) is 0. The molecule has 0 spiro atoms. The number of amides is 1. The summed E-state index contributed by atoms with van der Waals surface area (Å²) in [7, 11) is -6.28. The third-order valence-electron chi connectivity index (χ3n) is 4.64. The molecule has 0 saturated carbocycles. The van der Waals surface area contributed by atoms with Crippen molar-refractivity contribution < 1.29 is 26.0 Å². The third kappa shape index (κ3) is 3.07. The minimum absolute atomic E-state index is 0.0778. The van der Waals surface area contributed by atoms with Crippen LogP contribution in [0.2, 0.25) is 0 Å². The van der Waals surface area contributed by atoms with E-state index in [1.165, 1.54) is 55.6 Å². The van der Waals surface area contributed by atoms with E-state index in [1.807, 2.05) is 0 Å². The smallest absolute Gasteiger partial charge is 0.267 e. The van der Waals surface area contributed by atoms with Gasteiger partial charge in [0.25, 0.3) is 15.9 Å². The van der Waals surface area contributed by atoms with E-state index in [1.54, 1.807) is 0 Å². The molecular formula is C19H14FNO5S3. The molecule has 0 fully saturated rings. The number of rotatable bonds is 3. The van der Waals surface area contributed by atoms with Gasteiger partial charge in [0.1, 0.15) is 15.6 Å². The lowest BCUT2D eigenvalue weighted by atomic mass is 10.0. The fraction of sp³-hybridized carbons (Fsp3) is 0.105. The van der Waals surface area contributed by atoms with Gasteiger partial charge in [-0.05, 0) is 35.4 Å². The molecule has 0 aliphatic carbocycles. The Morgan fingerprint density at radius 1 is 0.931 bits per heavy atom. The molecule has 1 aromatic heterocycles. The first kappa shape index (κ1) is 19.7. The Bertz CT molecular complexity index is 1360. The molecule has 4 rings (SSSR count). The number of hydrogen-bond acceptors (Lipinski definition) is 6. The van der Waals surface area contributed by atoms with Crippen molar-refractivity contribution in [2.45, 2.75) is 9.79 Å². The van der Waals surface area contributed by atoms with Crippen molar-refractivity contribution >= 4 is 37.1 Å². The Morgan fingerprint density at radius 3 is 2.03 bits per heavy atom. The zero-order valence-electron chi connectivity index (χ0n) is 15.2. The van der Waals surface area contributed by atoms with Gasteiger partial charge in [0.15, 0.2) is 9.84 Å². The van der Waals surface area contributed by atoms with E-state index in [2.05, 4.69) is 0 Å². The van der Waals surface area contributed by atoms with E-state index in [0.29, 0.717) is 25.9 Å². The molecule has 3 aromatic rings. The Labute approximate surface area is 171 Å². The average molecular weight is 452 g/mol. The van der Waals surface area contributed by atoms with Crippen LogP contribution in [0.3, 0.4) is 0 Å². The van der Waals surface area contributed by atoms with Crippen molar-refractivity contribution in [3.8, 4) is 21.6 Å². The monoisotopic (exact) mass is 451 g/mol. The van der Waals surface area contributed by atoms with Crippen LogP contribution in [0.5, 0.6) is 0 Å². The van der Waals surface area contributed by atoms with Crippen LogP contribution in [0, 0.1) is 5.82 Å². The lowest BCUT2D eigenvalue weighted by molar-refractivity contribution is 0.0895. The maximum atomic E-state index is 13.4. The number of nitrogens with zero attached hydrogens (tertiary/aromatic N) is 1. The summed E-state index contributed by atoms with van der Waals surface area (Å²) in [5.41, 5.74) is 1.30. The number of sulfonamides is 1. The van der Waals surface area contributed by atoms with Gasteiger partial charge < -0.3 is 0 Å². The van der Waals surface area contributed by atoms with Gasteiger partial charge in [-0.15, -0.1) is 11.3 Å². The molecule has 29 heavy (non-hydrogen) atoms. The van der Waals surface area contributed by atoms with Crippen LogP contribution in [0.1, 0.15) is 9.67 Å². The fourth-order valence-corrected chi connectivity index (χ4v) is 6.90. The van der Waals surface area contributed by atoms with E-state index >= 15 is 0 Å². The van der Waals surface area contributed by atoms with Crippen molar-refractivity contribution in [2.24, 2.45) is 0 Å². The molecule has 0 N–H and O–H groups in total. The fourth-order valence-electron chi connectivity index (χ4n) is 3.13. The first-order valence-electron chi connectivity index (χ1n) is 8.28. The summed E-state index contributed by atoms with van der Waals surface area (Å²) >= 11 is 1.02. The first-order valence-corrected chi connectivity index (χ1v) is 12.4. The number of sulfone groups is 1. The molecule has 2 aromatic carbocycles. The Kier molecular flexibility index (Phi) is 4.41. The minimum Gasteiger partial charge on any atom is -0.267 e. The van der Waals surface area contributed by atoms with Crippen LogP contribution in [-0.4, -0.2) is 40.4 Å². The van der Waals surface area contributed by atoms with Gasteiger partial charge in [-0.1, -0.05) is 24.3 Å². The molecule has 1 aliphatic rings. The van der Waals surface area contributed by atoms with Gasteiger partial charge in [-0.3, -0.25) is 4.79 Å². The maximum Gasteiger partial charge on any atom is 0.278 e. The molecule has 1 aliphatic heterocycles. The second-order valence-electron chi connectivity index (χ2n) is 6.55. The standard InChI is InChI=1S/C19H14FNO5S3/c1-21-19(22)17-18(29(21,25)26)15(11-5-9-14(10-6-11)28(2,23)24)16(27-17)12-3-7-13(20)8-4-12/h3-10H,1-2H3. The highest BCUT2D eigenvalue weighted by Crippen LogP contribution is 2.49. The summed E-state index contributed by atoms with van der Waals surface area (Å²) in [6.07, 6.45) is 1.08. The van der Waals surface area contributed by atoms with E-state index < -0.39 is 31.6 Å². The topological polar surface area (TPSA) is 88.6 Å². The van der Waals surface area contributed by atoms with Crippen molar-refractivity contribution in [3.05, 3.63) is 59.2 Å². The largest absolute Gasteiger partial charge is 0.278 e. The van der Waals surface area contributed by atoms with E-state index in [9.17, 15) is 26.0 Å². The minimum atomic E-state index is -4.04. The lowest BCUT2D eigenvalue weighted by Crippen LogP contribution is -2.25. The highest BCUT2D eigenvalue weighted by molar-refractivity contribution is 7.91. The lowest BCUT2D eigenvalue weighted by Gasteiger charge is -2.12. The Hall–Kier alpha value is -2.56. The van der Waals surface area contributed by atoms with Crippen molar-refractivity contribution in [3.63, 3.8) is 0 Å². The molecule has 0 radical (unpaired) electrons. The molecule has 10 heteroatoms. The van der Waals surface area contributed by atoms with Crippen molar-refractivity contribution in [1.29, 1.82) is 0 Å². The number of carbonyl (C=O) groups excluding carboxylic acids is 1. The van der Waals surface area contributed by atoms with Gasteiger partial charge in [0.05, 0.1) is 4.90 Å². The Morgan fingerprint density at radius 2 is 1.48 bits per heavy atom. The summed E-state index contributed by atoms with van der Waals surface area (Å²) in [4.78, 5) is 13.0. The number of thiophene rings is 1. The van der Waals surface area contributed by atoms with E-state index in [4.69, 9.17) is 0 Å². The van der Waals surface area contributed by atoms with Crippen LogP contribution >= 0.6 is 11.3 Å². The number of hydrogen-bond donors (Lipinski definition) is 0. The molecule has 150 valence electrons. The second kappa shape index (κ2) is 6.48. The van der Waals surface area contributed by atoms with E-state index in [-0.39, 0.29) is 14.7 Å². The molecule has 0 unspecified atom stereocenters. The summed E-state index contributed by atoms with van der Waals surface area (Å²) in [5, 5.41) is 0. The second-order valence-corrected chi connectivity index (χ2v) is 11.5. The van der Waals surface area contributed by atoms with Crippen molar-refractivity contribution in [2.75, 3.05) is 13.3 Å². The van der Waals surface area contributed by atoms with Crippen molar-refractivity contribution in [1.82, 2.24) is 4.31 Å². The molecule has 0 atom stereocenters. The molecular weight excluding hydrogens is 437 g/mol. The Balaban J connectivity index is 2.03. The first-order chi connectivity index (χ1) is 13.5.